The van der Waals surface area contributed by atoms with E-state index in [1.807, 2.05) is 49.4 Å². The van der Waals surface area contributed by atoms with Crippen LogP contribution in [0.1, 0.15) is 48.8 Å². The van der Waals surface area contributed by atoms with Gasteiger partial charge in [0.05, 0.1) is 6.42 Å². The molecule has 0 fully saturated rings. The first-order valence-electron chi connectivity index (χ1n) is 8.09. The van der Waals surface area contributed by atoms with Gasteiger partial charge in [-0.1, -0.05) is 55.8 Å². The first-order valence-corrected chi connectivity index (χ1v) is 8.09. The highest BCUT2D eigenvalue weighted by Gasteiger charge is 2.16. The maximum atomic E-state index is 11.0. The Balaban J connectivity index is 2.08. The van der Waals surface area contributed by atoms with Crippen LogP contribution in [0.4, 0.5) is 0 Å². The third-order valence-corrected chi connectivity index (χ3v) is 3.97. The van der Waals surface area contributed by atoms with E-state index in [9.17, 15) is 4.79 Å². The monoisotopic (exact) mass is 312 g/mol. The molecule has 0 aliphatic carbocycles. The fourth-order valence-corrected chi connectivity index (χ4v) is 2.77. The van der Waals surface area contributed by atoms with Crippen LogP contribution in [0.15, 0.2) is 48.5 Å². The van der Waals surface area contributed by atoms with E-state index in [2.05, 4.69) is 13.0 Å². The number of carboxylic acid groups (broad SMARTS) is 1. The number of carboxylic acids is 1. The second-order valence-electron chi connectivity index (χ2n) is 5.88. The van der Waals surface area contributed by atoms with Crippen molar-refractivity contribution in [1.29, 1.82) is 0 Å². The highest BCUT2D eigenvalue weighted by Crippen LogP contribution is 2.29. The van der Waals surface area contributed by atoms with Crippen LogP contribution < -0.4 is 4.74 Å². The van der Waals surface area contributed by atoms with Gasteiger partial charge in [0.1, 0.15) is 12.4 Å². The van der Waals surface area contributed by atoms with Gasteiger partial charge in [0.25, 0.3) is 0 Å². The van der Waals surface area contributed by atoms with E-state index >= 15 is 0 Å². The van der Waals surface area contributed by atoms with Crippen LogP contribution in [0.5, 0.6) is 5.75 Å². The summed E-state index contributed by atoms with van der Waals surface area (Å²) < 4.78 is 5.88. The molecule has 2 aromatic rings. The van der Waals surface area contributed by atoms with E-state index in [0.717, 1.165) is 35.3 Å². The molecule has 122 valence electrons. The Hall–Kier alpha value is -2.29. The average Bonchev–Trinajstić information content (AvgIpc) is 2.54. The predicted molar refractivity (Wildman–Crippen MR) is 91.9 cm³/mol. The molecule has 0 bridgehead atoms. The molecule has 2 aromatic carbocycles. The molecule has 23 heavy (non-hydrogen) atoms. The van der Waals surface area contributed by atoms with Crippen molar-refractivity contribution >= 4 is 5.97 Å². The first-order chi connectivity index (χ1) is 11.1. The highest BCUT2D eigenvalue weighted by atomic mass is 16.5. The molecule has 0 aromatic heterocycles. The molecular weight excluding hydrogens is 288 g/mol. The molecule has 0 amide bonds. The standard InChI is InChI=1S/C20H24O3/c1-3-7-17(13-20(21)22)18-10-11-19(15(2)12-18)23-14-16-8-5-4-6-9-16/h4-6,8-12,17H,3,7,13-14H2,1-2H3,(H,21,22)/t17-/m1/s1. The van der Waals surface area contributed by atoms with Gasteiger partial charge < -0.3 is 9.84 Å². The molecule has 0 aliphatic heterocycles. The summed E-state index contributed by atoms with van der Waals surface area (Å²) in [5.41, 5.74) is 3.26. The third kappa shape index (κ3) is 5.13. The smallest absolute Gasteiger partial charge is 0.303 e. The quantitative estimate of drug-likeness (QED) is 0.751. The van der Waals surface area contributed by atoms with Gasteiger partial charge in [0, 0.05) is 0 Å². The zero-order valence-electron chi connectivity index (χ0n) is 13.8. The molecule has 0 unspecified atom stereocenters. The van der Waals surface area contributed by atoms with Gasteiger partial charge in [-0.2, -0.15) is 0 Å². The van der Waals surface area contributed by atoms with E-state index in [1.165, 1.54) is 0 Å². The lowest BCUT2D eigenvalue weighted by Gasteiger charge is -2.17. The summed E-state index contributed by atoms with van der Waals surface area (Å²) in [6.45, 7) is 4.63. The van der Waals surface area contributed by atoms with E-state index in [-0.39, 0.29) is 12.3 Å². The van der Waals surface area contributed by atoms with Crippen molar-refractivity contribution in [1.82, 2.24) is 0 Å². The van der Waals surface area contributed by atoms with E-state index in [4.69, 9.17) is 9.84 Å². The van der Waals surface area contributed by atoms with Crippen LogP contribution in [0.2, 0.25) is 0 Å². The van der Waals surface area contributed by atoms with E-state index in [1.54, 1.807) is 0 Å². The van der Waals surface area contributed by atoms with Crippen molar-refractivity contribution in [3.8, 4) is 5.75 Å². The van der Waals surface area contributed by atoms with Gasteiger partial charge >= 0.3 is 5.97 Å². The number of benzene rings is 2. The minimum Gasteiger partial charge on any atom is -0.489 e. The lowest BCUT2D eigenvalue weighted by atomic mass is 9.90. The molecule has 1 N–H and O–H groups in total. The van der Waals surface area contributed by atoms with E-state index < -0.39 is 5.97 Å². The predicted octanol–water partition coefficient (Wildman–Crippen LogP) is 4.93. The Labute approximate surface area is 137 Å². The minimum atomic E-state index is -0.745. The summed E-state index contributed by atoms with van der Waals surface area (Å²) in [5.74, 6) is 0.174. The van der Waals surface area contributed by atoms with Crippen LogP contribution >= 0.6 is 0 Å². The average molecular weight is 312 g/mol. The zero-order chi connectivity index (χ0) is 16.7. The number of hydrogen-bond donors (Lipinski definition) is 1. The molecule has 3 heteroatoms. The second-order valence-corrected chi connectivity index (χ2v) is 5.88. The SMILES string of the molecule is CCC[C@H](CC(=O)O)c1ccc(OCc2ccccc2)c(C)c1. The van der Waals surface area contributed by atoms with Crippen molar-refractivity contribution < 1.29 is 14.6 Å². The Kier molecular flexibility index (Phi) is 6.21. The summed E-state index contributed by atoms with van der Waals surface area (Å²) in [4.78, 5) is 11.0. The molecule has 0 aliphatic rings. The molecule has 0 heterocycles. The Morgan fingerprint density at radius 3 is 2.52 bits per heavy atom. The summed E-state index contributed by atoms with van der Waals surface area (Å²) in [6.07, 6.45) is 2.04. The second kappa shape index (κ2) is 8.37. The fraction of sp³-hybridized carbons (Fsp3) is 0.350. The van der Waals surface area contributed by atoms with Crippen LogP contribution in [0, 0.1) is 6.92 Å². The van der Waals surface area contributed by atoms with Crippen molar-refractivity contribution in [2.24, 2.45) is 0 Å². The number of aliphatic carboxylic acids is 1. The summed E-state index contributed by atoms with van der Waals surface area (Å²) in [6, 6.07) is 16.1. The van der Waals surface area contributed by atoms with Crippen LogP contribution in [0.3, 0.4) is 0 Å². The van der Waals surface area contributed by atoms with Crippen LogP contribution in [0.25, 0.3) is 0 Å². The Bertz CT molecular complexity index is 635. The molecule has 0 saturated carbocycles. The summed E-state index contributed by atoms with van der Waals surface area (Å²) in [7, 11) is 0. The van der Waals surface area contributed by atoms with E-state index in [0.29, 0.717) is 6.61 Å². The number of hydrogen-bond acceptors (Lipinski definition) is 2. The van der Waals surface area contributed by atoms with Gasteiger partial charge in [-0.05, 0) is 42.0 Å². The topological polar surface area (TPSA) is 46.5 Å². The molecule has 0 radical (unpaired) electrons. The maximum absolute atomic E-state index is 11.0. The van der Waals surface area contributed by atoms with Gasteiger partial charge in [-0.15, -0.1) is 0 Å². The normalized spacial score (nSPS) is 11.9. The largest absolute Gasteiger partial charge is 0.489 e. The number of rotatable bonds is 8. The molecule has 0 saturated heterocycles. The minimum absolute atomic E-state index is 0.0689. The summed E-state index contributed by atoms with van der Waals surface area (Å²) in [5, 5.41) is 9.08. The number of ether oxygens (including phenoxy) is 1. The van der Waals surface area contributed by atoms with Crippen LogP contribution in [-0.4, -0.2) is 11.1 Å². The van der Waals surface area contributed by atoms with Crippen molar-refractivity contribution in [3.63, 3.8) is 0 Å². The fourth-order valence-electron chi connectivity index (χ4n) is 2.77. The van der Waals surface area contributed by atoms with Crippen molar-refractivity contribution in [2.45, 2.75) is 45.6 Å². The summed E-state index contributed by atoms with van der Waals surface area (Å²) >= 11 is 0. The Morgan fingerprint density at radius 2 is 1.91 bits per heavy atom. The van der Waals surface area contributed by atoms with Crippen molar-refractivity contribution in [2.75, 3.05) is 0 Å². The van der Waals surface area contributed by atoms with Crippen LogP contribution in [-0.2, 0) is 11.4 Å². The first kappa shape index (κ1) is 17.1. The number of carbonyl (C=O) groups is 1. The van der Waals surface area contributed by atoms with Gasteiger partial charge in [-0.3, -0.25) is 4.79 Å². The molecule has 3 nitrogen and oxygen atoms in total. The number of aryl methyl sites for hydroxylation is 1. The highest BCUT2D eigenvalue weighted by molar-refractivity contribution is 5.68. The molecule has 0 spiro atoms. The molecular formula is C20H24O3. The van der Waals surface area contributed by atoms with Gasteiger partial charge in [-0.25, -0.2) is 0 Å². The molecule has 2 rings (SSSR count). The molecule has 1 atom stereocenters. The van der Waals surface area contributed by atoms with Gasteiger partial charge in [0.2, 0.25) is 0 Å². The maximum Gasteiger partial charge on any atom is 0.303 e. The van der Waals surface area contributed by atoms with Crippen molar-refractivity contribution in [3.05, 3.63) is 65.2 Å². The van der Waals surface area contributed by atoms with Gasteiger partial charge in [0.15, 0.2) is 0 Å². The lowest BCUT2D eigenvalue weighted by molar-refractivity contribution is -0.137. The zero-order valence-corrected chi connectivity index (χ0v) is 13.8. The lowest BCUT2D eigenvalue weighted by Crippen LogP contribution is -2.07. The Morgan fingerprint density at radius 1 is 1.17 bits per heavy atom. The third-order valence-electron chi connectivity index (χ3n) is 3.97.